The molecule has 0 radical (unpaired) electrons. The minimum absolute atomic E-state index is 0.361. The highest BCUT2D eigenvalue weighted by Gasteiger charge is 2.25. The van der Waals surface area contributed by atoms with E-state index >= 15 is 0 Å². The second-order valence-corrected chi connectivity index (χ2v) is 3.54. The van der Waals surface area contributed by atoms with Crippen LogP contribution in [0, 0.1) is 0 Å². The maximum atomic E-state index is 11.6. The zero-order chi connectivity index (χ0) is 11.5. The largest absolute Gasteiger partial charge is 0.465 e. The lowest BCUT2D eigenvalue weighted by Crippen LogP contribution is -2.42. The van der Waals surface area contributed by atoms with Gasteiger partial charge in [0.05, 0.1) is 0 Å². The number of amides is 2. The molecule has 6 heteroatoms. The minimum atomic E-state index is -1.20. The number of carbonyl (C=O) groups excluding carboxylic acids is 1. The van der Waals surface area contributed by atoms with Gasteiger partial charge in [-0.15, -0.1) is 0 Å². The van der Waals surface area contributed by atoms with E-state index < -0.39 is 12.1 Å². The van der Waals surface area contributed by atoms with E-state index in [0.717, 1.165) is 5.56 Å². The van der Waals surface area contributed by atoms with Crippen LogP contribution in [-0.4, -0.2) is 28.1 Å². The molecule has 6 nitrogen and oxygen atoms in total. The third kappa shape index (κ3) is 2.10. The molecule has 16 heavy (non-hydrogen) atoms. The van der Waals surface area contributed by atoms with Gasteiger partial charge in [0.15, 0.2) is 0 Å². The third-order valence-corrected chi connectivity index (χ3v) is 2.45. The molecule has 0 saturated heterocycles. The number of rotatable bonds is 1. The van der Waals surface area contributed by atoms with Gasteiger partial charge in [-0.2, -0.15) is 0 Å². The second kappa shape index (κ2) is 4.18. The quantitative estimate of drug-likeness (QED) is 0.647. The zero-order valence-corrected chi connectivity index (χ0v) is 8.43. The van der Waals surface area contributed by atoms with Crippen molar-refractivity contribution in [1.29, 1.82) is 0 Å². The Kier molecular flexibility index (Phi) is 2.72. The number of aromatic nitrogens is 1. The van der Waals surface area contributed by atoms with Crippen molar-refractivity contribution in [1.82, 2.24) is 10.3 Å². The maximum absolute atomic E-state index is 11.6. The molecule has 2 amide bonds. The molecular weight excluding hydrogens is 210 g/mol. The Bertz CT molecular complexity index is 433. The predicted octanol–water partition coefficient (Wildman–Crippen LogP) is 0.602. The fourth-order valence-corrected chi connectivity index (χ4v) is 1.67. The van der Waals surface area contributed by atoms with Crippen LogP contribution in [0.3, 0.4) is 0 Å². The molecule has 0 spiro atoms. The van der Waals surface area contributed by atoms with Gasteiger partial charge in [0.25, 0.3) is 0 Å². The van der Waals surface area contributed by atoms with Crippen LogP contribution in [0.5, 0.6) is 0 Å². The van der Waals surface area contributed by atoms with Gasteiger partial charge in [0, 0.05) is 6.20 Å². The van der Waals surface area contributed by atoms with Gasteiger partial charge in [0.1, 0.15) is 11.9 Å². The molecule has 0 bridgehead atoms. The average molecular weight is 221 g/mol. The lowest BCUT2D eigenvalue weighted by atomic mass is 10.1. The minimum Gasteiger partial charge on any atom is -0.465 e. The van der Waals surface area contributed by atoms with Gasteiger partial charge in [-0.3, -0.25) is 4.79 Å². The van der Waals surface area contributed by atoms with Crippen LogP contribution in [0.4, 0.5) is 10.6 Å². The molecule has 2 rings (SSSR count). The van der Waals surface area contributed by atoms with Gasteiger partial charge in [-0.25, -0.2) is 9.78 Å². The first kappa shape index (κ1) is 10.4. The number of carboxylic acid groups (broad SMARTS) is 1. The topological polar surface area (TPSA) is 91.3 Å². The summed E-state index contributed by atoms with van der Waals surface area (Å²) in [7, 11) is 0. The molecule has 1 aromatic rings. The molecule has 0 aliphatic carbocycles. The van der Waals surface area contributed by atoms with Crippen LogP contribution in [0.15, 0.2) is 18.3 Å². The van der Waals surface area contributed by atoms with Crippen LogP contribution in [0.1, 0.15) is 12.0 Å². The Morgan fingerprint density at radius 1 is 1.62 bits per heavy atom. The van der Waals surface area contributed by atoms with Crippen LogP contribution in [0.25, 0.3) is 0 Å². The molecule has 1 aliphatic rings. The predicted molar refractivity (Wildman–Crippen MR) is 56.1 cm³/mol. The number of nitrogens with zero attached hydrogens (tertiary/aromatic N) is 1. The summed E-state index contributed by atoms with van der Waals surface area (Å²) >= 11 is 0. The summed E-state index contributed by atoms with van der Waals surface area (Å²) in [5, 5.41) is 13.4. The normalized spacial score (nSPS) is 19.2. The lowest BCUT2D eigenvalue weighted by Gasteiger charge is -2.11. The molecule has 0 saturated carbocycles. The molecule has 2 heterocycles. The molecule has 1 aliphatic heterocycles. The van der Waals surface area contributed by atoms with Crippen LogP contribution in [0.2, 0.25) is 0 Å². The fraction of sp³-hybridized carbons (Fsp3) is 0.300. The van der Waals surface area contributed by atoms with Gasteiger partial charge in [-0.05, 0) is 24.5 Å². The highest BCUT2D eigenvalue weighted by atomic mass is 16.4. The number of fused-ring (bicyclic) bond motifs is 1. The van der Waals surface area contributed by atoms with E-state index in [9.17, 15) is 9.59 Å². The van der Waals surface area contributed by atoms with E-state index in [-0.39, 0.29) is 5.91 Å². The number of aryl methyl sites for hydroxylation is 1. The fourth-order valence-electron chi connectivity index (χ4n) is 1.67. The average Bonchev–Trinajstić information content (AvgIpc) is 2.39. The van der Waals surface area contributed by atoms with Gasteiger partial charge in [-0.1, -0.05) is 6.07 Å². The van der Waals surface area contributed by atoms with Gasteiger partial charge in [0.2, 0.25) is 5.91 Å². The van der Waals surface area contributed by atoms with Crippen molar-refractivity contribution in [3.05, 3.63) is 23.9 Å². The van der Waals surface area contributed by atoms with Gasteiger partial charge >= 0.3 is 6.09 Å². The molecule has 0 fully saturated rings. The van der Waals surface area contributed by atoms with E-state index in [1.165, 1.54) is 0 Å². The lowest BCUT2D eigenvalue weighted by molar-refractivity contribution is -0.118. The van der Waals surface area contributed by atoms with E-state index in [2.05, 4.69) is 15.6 Å². The van der Waals surface area contributed by atoms with Gasteiger partial charge < -0.3 is 15.7 Å². The number of hydrogen-bond donors (Lipinski definition) is 3. The van der Waals surface area contributed by atoms with Crippen LogP contribution >= 0.6 is 0 Å². The Hall–Kier alpha value is -2.11. The molecule has 84 valence electrons. The SMILES string of the molecule is O=C(O)NC1CCc2cccnc2NC1=O. The first-order valence-corrected chi connectivity index (χ1v) is 4.91. The molecule has 1 aromatic heterocycles. The first-order chi connectivity index (χ1) is 7.66. The maximum Gasteiger partial charge on any atom is 0.405 e. The van der Waals surface area contributed by atoms with E-state index in [1.807, 2.05) is 6.07 Å². The summed E-state index contributed by atoms with van der Waals surface area (Å²) < 4.78 is 0. The van der Waals surface area contributed by atoms with Crippen molar-refractivity contribution in [2.45, 2.75) is 18.9 Å². The summed E-state index contributed by atoms with van der Waals surface area (Å²) in [5.41, 5.74) is 0.922. The standard InChI is InChI=1S/C10H11N3O3/c14-9-7(12-10(15)16)4-3-6-2-1-5-11-8(6)13-9/h1-2,5,7,12H,3-4H2,(H,15,16)(H,11,13,14). The number of anilines is 1. The van der Waals surface area contributed by atoms with Crippen molar-refractivity contribution in [3.63, 3.8) is 0 Å². The Morgan fingerprint density at radius 3 is 3.19 bits per heavy atom. The Labute approximate surface area is 91.7 Å². The summed E-state index contributed by atoms with van der Waals surface area (Å²) in [6, 6.07) is 2.94. The molecule has 1 atom stereocenters. The number of carbonyl (C=O) groups is 2. The van der Waals surface area contributed by atoms with Crippen molar-refractivity contribution in [2.75, 3.05) is 5.32 Å². The van der Waals surface area contributed by atoms with Crippen molar-refractivity contribution in [2.24, 2.45) is 0 Å². The molecular formula is C10H11N3O3. The Morgan fingerprint density at radius 2 is 2.44 bits per heavy atom. The highest BCUT2D eigenvalue weighted by molar-refractivity contribution is 5.96. The number of nitrogens with one attached hydrogen (secondary N) is 2. The molecule has 0 aromatic carbocycles. The summed E-state index contributed by atoms with van der Waals surface area (Å²) in [5.74, 6) is 0.155. The first-order valence-electron chi connectivity index (χ1n) is 4.91. The zero-order valence-electron chi connectivity index (χ0n) is 8.43. The van der Waals surface area contributed by atoms with E-state index in [1.54, 1.807) is 12.3 Å². The smallest absolute Gasteiger partial charge is 0.405 e. The monoisotopic (exact) mass is 221 g/mol. The van der Waals surface area contributed by atoms with E-state index in [0.29, 0.717) is 18.7 Å². The third-order valence-electron chi connectivity index (χ3n) is 2.45. The van der Waals surface area contributed by atoms with Crippen LogP contribution < -0.4 is 10.6 Å². The highest BCUT2D eigenvalue weighted by Crippen LogP contribution is 2.18. The summed E-state index contributed by atoms with van der Waals surface area (Å²) in [6.45, 7) is 0. The Balaban J connectivity index is 2.18. The molecule has 1 unspecified atom stereocenters. The van der Waals surface area contributed by atoms with Crippen LogP contribution in [-0.2, 0) is 11.2 Å². The molecule has 3 N–H and O–H groups in total. The number of hydrogen-bond acceptors (Lipinski definition) is 3. The van der Waals surface area contributed by atoms with Crippen molar-refractivity contribution >= 4 is 17.8 Å². The summed E-state index contributed by atoms with van der Waals surface area (Å²) in [4.78, 5) is 26.2. The van der Waals surface area contributed by atoms with Crippen molar-refractivity contribution < 1.29 is 14.7 Å². The van der Waals surface area contributed by atoms with Crippen molar-refractivity contribution in [3.8, 4) is 0 Å². The van der Waals surface area contributed by atoms with E-state index in [4.69, 9.17) is 5.11 Å². The second-order valence-electron chi connectivity index (χ2n) is 3.54. The number of pyridine rings is 1. The summed E-state index contributed by atoms with van der Waals surface area (Å²) in [6.07, 6.45) is 1.45.